The highest BCUT2D eigenvalue weighted by Gasteiger charge is 2.38. The van der Waals surface area contributed by atoms with Crippen molar-refractivity contribution in [2.24, 2.45) is 0 Å². The van der Waals surface area contributed by atoms with Gasteiger partial charge in [0.1, 0.15) is 5.56 Å². The zero-order valence-electron chi connectivity index (χ0n) is 11.5. The van der Waals surface area contributed by atoms with Gasteiger partial charge in [-0.1, -0.05) is 17.7 Å². The van der Waals surface area contributed by atoms with Crippen molar-refractivity contribution in [3.05, 3.63) is 41.0 Å². The van der Waals surface area contributed by atoms with Gasteiger partial charge in [-0.25, -0.2) is 4.98 Å². The number of ether oxygens (including phenoxy) is 1. The third kappa shape index (κ3) is 5.15. The summed E-state index contributed by atoms with van der Waals surface area (Å²) in [7, 11) is 0. The van der Waals surface area contributed by atoms with Crippen LogP contribution in [0.2, 0.25) is 5.02 Å². The number of anilines is 2. The number of aromatic nitrogens is 2. The molecule has 0 bridgehead atoms. The molecule has 1 heterocycles. The van der Waals surface area contributed by atoms with Crippen LogP contribution in [0, 0.1) is 0 Å². The van der Waals surface area contributed by atoms with Crippen LogP contribution in [-0.4, -0.2) is 22.8 Å². The van der Waals surface area contributed by atoms with E-state index in [-0.39, 0.29) is 5.95 Å². The van der Waals surface area contributed by atoms with E-state index in [9.17, 15) is 26.3 Å². The Labute approximate surface area is 136 Å². The zero-order chi connectivity index (χ0) is 18.0. The van der Waals surface area contributed by atoms with Gasteiger partial charge in [0.2, 0.25) is 11.8 Å². The minimum absolute atomic E-state index is 0.334. The molecule has 0 saturated heterocycles. The molecular formula is C13H8ClF6N3O. The highest BCUT2D eigenvalue weighted by Crippen LogP contribution is 2.36. The number of rotatable bonds is 4. The molecular weight excluding hydrogens is 364 g/mol. The van der Waals surface area contributed by atoms with Crippen LogP contribution in [0.15, 0.2) is 30.5 Å². The number of halogens is 7. The van der Waals surface area contributed by atoms with Crippen LogP contribution in [0.4, 0.5) is 38.0 Å². The highest BCUT2D eigenvalue weighted by atomic mass is 35.5. The minimum Gasteiger partial charge on any atom is -0.467 e. The predicted octanol–water partition coefficient (Wildman–Crippen LogP) is 4.83. The lowest BCUT2D eigenvalue weighted by molar-refractivity contribution is -0.159. The molecule has 2 rings (SSSR count). The SMILES string of the molecule is FC(F)(F)COc1nc(Nc2cccc(Cl)c2)ncc1C(F)(F)F. The molecule has 0 spiro atoms. The fourth-order valence-corrected chi connectivity index (χ4v) is 1.77. The summed E-state index contributed by atoms with van der Waals surface area (Å²) in [6.45, 7) is -1.91. The Balaban J connectivity index is 2.30. The van der Waals surface area contributed by atoms with Crippen molar-refractivity contribution in [1.29, 1.82) is 0 Å². The van der Waals surface area contributed by atoms with Gasteiger partial charge in [0.25, 0.3) is 0 Å². The lowest BCUT2D eigenvalue weighted by atomic mass is 10.3. The standard InChI is InChI=1S/C13H8ClF6N3O/c14-7-2-1-3-8(4-7)22-11-21-5-9(13(18,19)20)10(23-11)24-6-12(15,16)17/h1-5H,6H2,(H,21,22,23). The van der Waals surface area contributed by atoms with Gasteiger partial charge in [0.15, 0.2) is 6.61 Å². The minimum atomic E-state index is -4.96. The largest absolute Gasteiger partial charge is 0.467 e. The van der Waals surface area contributed by atoms with Crippen LogP contribution in [0.3, 0.4) is 0 Å². The summed E-state index contributed by atoms with van der Waals surface area (Å²) in [5.74, 6) is -1.60. The Kier molecular flexibility index (Phi) is 5.07. The van der Waals surface area contributed by atoms with Gasteiger partial charge in [-0.3, -0.25) is 0 Å². The van der Waals surface area contributed by atoms with Crippen LogP contribution < -0.4 is 10.1 Å². The molecule has 0 fully saturated rings. The molecule has 0 saturated carbocycles. The van der Waals surface area contributed by atoms with Gasteiger partial charge in [-0.05, 0) is 18.2 Å². The van der Waals surface area contributed by atoms with Crippen LogP contribution in [0.5, 0.6) is 5.88 Å². The number of hydrogen-bond donors (Lipinski definition) is 1. The first-order chi connectivity index (χ1) is 11.0. The van der Waals surface area contributed by atoms with Crippen molar-refractivity contribution in [2.45, 2.75) is 12.4 Å². The molecule has 24 heavy (non-hydrogen) atoms. The third-order valence-corrected chi connectivity index (χ3v) is 2.75. The second kappa shape index (κ2) is 6.71. The van der Waals surface area contributed by atoms with Gasteiger partial charge < -0.3 is 10.1 Å². The number of nitrogens with zero attached hydrogens (tertiary/aromatic N) is 2. The number of nitrogens with one attached hydrogen (secondary N) is 1. The van der Waals surface area contributed by atoms with Crippen LogP contribution in [0.1, 0.15) is 5.56 Å². The van der Waals surface area contributed by atoms with E-state index in [2.05, 4.69) is 20.0 Å². The van der Waals surface area contributed by atoms with E-state index in [1.807, 2.05) is 0 Å². The van der Waals surface area contributed by atoms with Crippen molar-refractivity contribution >= 4 is 23.2 Å². The Bertz CT molecular complexity index is 720. The van der Waals surface area contributed by atoms with Crippen LogP contribution in [-0.2, 0) is 6.18 Å². The molecule has 1 aromatic carbocycles. The maximum absolute atomic E-state index is 12.8. The fraction of sp³-hybridized carbons (Fsp3) is 0.231. The summed E-state index contributed by atoms with van der Waals surface area (Å²) < 4.78 is 79.1. The molecule has 1 aromatic heterocycles. The normalized spacial score (nSPS) is 12.1. The summed E-state index contributed by atoms with van der Waals surface area (Å²) in [6, 6.07) is 6.05. The fourth-order valence-electron chi connectivity index (χ4n) is 1.58. The maximum Gasteiger partial charge on any atom is 0.423 e. The van der Waals surface area contributed by atoms with Crippen molar-refractivity contribution in [3.63, 3.8) is 0 Å². The van der Waals surface area contributed by atoms with Crippen molar-refractivity contribution < 1.29 is 31.1 Å². The molecule has 0 unspecified atom stereocenters. The molecule has 2 aromatic rings. The summed E-state index contributed by atoms with van der Waals surface area (Å²) in [6.07, 6.45) is -9.44. The summed E-state index contributed by atoms with van der Waals surface area (Å²) in [4.78, 5) is 6.79. The molecule has 0 radical (unpaired) electrons. The Morgan fingerprint density at radius 2 is 1.83 bits per heavy atom. The van der Waals surface area contributed by atoms with Crippen molar-refractivity contribution in [3.8, 4) is 5.88 Å². The van der Waals surface area contributed by atoms with Gasteiger partial charge in [0.05, 0.1) is 0 Å². The average Bonchev–Trinajstić information content (AvgIpc) is 2.43. The molecule has 1 N–H and O–H groups in total. The number of benzene rings is 1. The first kappa shape index (κ1) is 18.1. The predicted molar refractivity (Wildman–Crippen MR) is 73.3 cm³/mol. The van der Waals surface area contributed by atoms with E-state index in [4.69, 9.17) is 11.6 Å². The molecule has 0 atom stereocenters. The van der Waals surface area contributed by atoms with E-state index in [0.717, 1.165) is 0 Å². The molecule has 11 heteroatoms. The third-order valence-electron chi connectivity index (χ3n) is 2.51. The highest BCUT2D eigenvalue weighted by molar-refractivity contribution is 6.30. The zero-order valence-corrected chi connectivity index (χ0v) is 12.3. The van der Waals surface area contributed by atoms with E-state index in [0.29, 0.717) is 16.9 Å². The molecule has 0 aliphatic heterocycles. The molecule has 0 amide bonds. The van der Waals surface area contributed by atoms with E-state index in [1.165, 1.54) is 12.1 Å². The molecule has 4 nitrogen and oxygen atoms in total. The molecule has 0 aliphatic rings. The smallest absolute Gasteiger partial charge is 0.423 e. The van der Waals surface area contributed by atoms with Gasteiger partial charge in [-0.2, -0.15) is 31.3 Å². The van der Waals surface area contributed by atoms with Crippen molar-refractivity contribution in [1.82, 2.24) is 9.97 Å². The number of alkyl halides is 6. The molecule has 0 aliphatic carbocycles. The van der Waals surface area contributed by atoms with Gasteiger partial charge >= 0.3 is 12.4 Å². The average molecular weight is 372 g/mol. The molecule has 130 valence electrons. The summed E-state index contributed by atoms with van der Waals surface area (Å²) >= 11 is 5.75. The number of hydrogen-bond acceptors (Lipinski definition) is 4. The van der Waals surface area contributed by atoms with E-state index >= 15 is 0 Å². The van der Waals surface area contributed by atoms with E-state index < -0.39 is 30.4 Å². The Morgan fingerprint density at radius 3 is 2.42 bits per heavy atom. The quantitative estimate of drug-likeness (QED) is 0.782. The van der Waals surface area contributed by atoms with E-state index in [1.54, 1.807) is 12.1 Å². The first-order valence-corrected chi connectivity index (χ1v) is 6.59. The lowest BCUT2D eigenvalue weighted by Crippen LogP contribution is -2.22. The monoisotopic (exact) mass is 371 g/mol. The van der Waals surface area contributed by atoms with Crippen LogP contribution >= 0.6 is 11.6 Å². The Hall–Kier alpha value is -2.23. The second-order valence-electron chi connectivity index (χ2n) is 4.45. The lowest BCUT2D eigenvalue weighted by Gasteiger charge is -2.15. The van der Waals surface area contributed by atoms with Crippen LogP contribution in [0.25, 0.3) is 0 Å². The van der Waals surface area contributed by atoms with Gasteiger partial charge in [0, 0.05) is 16.9 Å². The Morgan fingerprint density at radius 1 is 1.12 bits per heavy atom. The maximum atomic E-state index is 12.8. The first-order valence-electron chi connectivity index (χ1n) is 6.21. The topological polar surface area (TPSA) is 47.0 Å². The summed E-state index contributed by atoms with van der Waals surface area (Å²) in [5, 5.41) is 2.86. The van der Waals surface area contributed by atoms with Gasteiger partial charge in [-0.15, -0.1) is 0 Å². The van der Waals surface area contributed by atoms with Crippen molar-refractivity contribution in [2.75, 3.05) is 11.9 Å². The summed E-state index contributed by atoms with van der Waals surface area (Å²) in [5.41, 5.74) is -1.17. The second-order valence-corrected chi connectivity index (χ2v) is 4.89.